The highest BCUT2D eigenvalue weighted by molar-refractivity contribution is 5.74. The Morgan fingerprint density at radius 3 is 3.07 bits per heavy atom. The number of para-hydroxylation sites is 2. The molecule has 0 N–H and O–H groups in total. The lowest BCUT2D eigenvalue weighted by molar-refractivity contribution is -0.0327. The molecule has 15 heavy (non-hydrogen) atoms. The van der Waals surface area contributed by atoms with Gasteiger partial charge in [-0.25, -0.2) is 4.98 Å². The number of fused-ring (bicyclic) bond motifs is 1. The molecule has 80 valence electrons. The monoisotopic (exact) mass is 206 g/mol. The van der Waals surface area contributed by atoms with E-state index in [0.717, 1.165) is 17.6 Å². The molecule has 0 saturated carbocycles. The van der Waals surface area contributed by atoms with Crippen LogP contribution in [0.3, 0.4) is 0 Å². The first-order valence-corrected chi connectivity index (χ1v) is 4.88. The summed E-state index contributed by atoms with van der Waals surface area (Å²) in [7, 11) is 1.62. The minimum atomic E-state index is 0.340. The standard InChI is InChI=1S/C11H14N2O2/c1-14-9-15-7-6-13-8-12-10-4-2-3-5-11(10)13/h2-5,8H,6-7,9H2,1H3. The second-order valence-corrected chi connectivity index (χ2v) is 3.24. The summed E-state index contributed by atoms with van der Waals surface area (Å²) < 4.78 is 12.1. The average Bonchev–Trinajstić information content (AvgIpc) is 2.68. The van der Waals surface area contributed by atoms with E-state index in [0.29, 0.717) is 13.4 Å². The Labute approximate surface area is 88.4 Å². The number of methoxy groups -OCH3 is 1. The molecule has 0 aliphatic heterocycles. The van der Waals surface area contributed by atoms with Crippen LogP contribution >= 0.6 is 0 Å². The molecule has 0 saturated heterocycles. The minimum absolute atomic E-state index is 0.340. The van der Waals surface area contributed by atoms with Crippen molar-refractivity contribution in [1.29, 1.82) is 0 Å². The lowest BCUT2D eigenvalue weighted by Crippen LogP contribution is -2.06. The Morgan fingerprint density at radius 1 is 1.33 bits per heavy atom. The molecule has 1 aromatic carbocycles. The SMILES string of the molecule is COCOCCn1cnc2ccccc21. The largest absolute Gasteiger partial charge is 0.359 e. The van der Waals surface area contributed by atoms with Gasteiger partial charge in [0.05, 0.1) is 24.0 Å². The zero-order valence-electron chi connectivity index (χ0n) is 8.72. The first-order chi connectivity index (χ1) is 7.42. The van der Waals surface area contributed by atoms with Crippen LogP contribution in [0.4, 0.5) is 0 Å². The van der Waals surface area contributed by atoms with Crippen molar-refractivity contribution in [2.24, 2.45) is 0 Å². The number of imidazole rings is 1. The summed E-state index contributed by atoms with van der Waals surface area (Å²) in [5.41, 5.74) is 2.16. The van der Waals surface area contributed by atoms with E-state index < -0.39 is 0 Å². The van der Waals surface area contributed by atoms with Gasteiger partial charge in [-0.1, -0.05) is 12.1 Å². The van der Waals surface area contributed by atoms with E-state index in [9.17, 15) is 0 Å². The van der Waals surface area contributed by atoms with E-state index in [1.54, 1.807) is 7.11 Å². The molecule has 0 fully saturated rings. The number of aromatic nitrogens is 2. The van der Waals surface area contributed by atoms with Crippen LogP contribution in [0, 0.1) is 0 Å². The van der Waals surface area contributed by atoms with Crippen LogP contribution in [0.15, 0.2) is 30.6 Å². The Hall–Kier alpha value is -1.39. The van der Waals surface area contributed by atoms with E-state index >= 15 is 0 Å². The van der Waals surface area contributed by atoms with Crippen molar-refractivity contribution in [2.45, 2.75) is 6.54 Å². The number of benzene rings is 1. The van der Waals surface area contributed by atoms with Gasteiger partial charge in [0.2, 0.25) is 0 Å². The Kier molecular flexibility index (Phi) is 3.32. The number of hydrogen-bond donors (Lipinski definition) is 0. The molecule has 0 spiro atoms. The topological polar surface area (TPSA) is 36.3 Å². The normalized spacial score (nSPS) is 11.0. The van der Waals surface area contributed by atoms with Crippen LogP contribution in [-0.4, -0.2) is 30.1 Å². The van der Waals surface area contributed by atoms with Gasteiger partial charge in [-0.2, -0.15) is 0 Å². The van der Waals surface area contributed by atoms with Crippen LogP contribution in [-0.2, 0) is 16.0 Å². The van der Waals surface area contributed by atoms with Gasteiger partial charge in [-0.3, -0.25) is 0 Å². The fourth-order valence-electron chi connectivity index (χ4n) is 1.49. The van der Waals surface area contributed by atoms with Gasteiger partial charge in [0.25, 0.3) is 0 Å². The second kappa shape index (κ2) is 4.91. The molecular formula is C11H14N2O2. The minimum Gasteiger partial charge on any atom is -0.359 e. The lowest BCUT2D eigenvalue weighted by atomic mass is 10.3. The van der Waals surface area contributed by atoms with Crippen molar-refractivity contribution in [3.05, 3.63) is 30.6 Å². The summed E-state index contributed by atoms with van der Waals surface area (Å²) in [6, 6.07) is 8.05. The highest BCUT2D eigenvalue weighted by Gasteiger charge is 2.00. The zero-order chi connectivity index (χ0) is 10.5. The number of rotatable bonds is 5. The van der Waals surface area contributed by atoms with Gasteiger partial charge < -0.3 is 14.0 Å². The Bertz CT molecular complexity index is 425. The van der Waals surface area contributed by atoms with E-state index in [-0.39, 0.29) is 0 Å². The van der Waals surface area contributed by atoms with E-state index in [2.05, 4.69) is 15.6 Å². The van der Waals surface area contributed by atoms with E-state index in [4.69, 9.17) is 9.47 Å². The molecule has 1 heterocycles. The molecule has 0 unspecified atom stereocenters. The third kappa shape index (κ3) is 2.34. The van der Waals surface area contributed by atoms with Crippen LogP contribution in [0.2, 0.25) is 0 Å². The van der Waals surface area contributed by atoms with Crippen molar-refractivity contribution >= 4 is 11.0 Å². The Balaban J connectivity index is 2.02. The molecule has 0 aliphatic carbocycles. The summed E-state index contributed by atoms with van der Waals surface area (Å²) in [6.45, 7) is 1.77. The highest BCUT2D eigenvalue weighted by Crippen LogP contribution is 2.11. The van der Waals surface area contributed by atoms with Crippen molar-refractivity contribution in [3.63, 3.8) is 0 Å². The molecule has 2 aromatic rings. The molecule has 4 nitrogen and oxygen atoms in total. The molecule has 4 heteroatoms. The summed E-state index contributed by atoms with van der Waals surface area (Å²) in [4.78, 5) is 4.29. The van der Waals surface area contributed by atoms with Gasteiger partial charge in [0.15, 0.2) is 0 Å². The number of hydrogen-bond acceptors (Lipinski definition) is 3. The summed E-state index contributed by atoms with van der Waals surface area (Å²) in [5.74, 6) is 0. The molecule has 0 radical (unpaired) electrons. The highest BCUT2D eigenvalue weighted by atomic mass is 16.7. The molecule has 0 aliphatic rings. The predicted octanol–water partition coefficient (Wildman–Crippen LogP) is 1.66. The van der Waals surface area contributed by atoms with Crippen molar-refractivity contribution in [1.82, 2.24) is 9.55 Å². The number of nitrogens with zero attached hydrogens (tertiary/aromatic N) is 2. The van der Waals surface area contributed by atoms with Crippen LogP contribution in [0.5, 0.6) is 0 Å². The van der Waals surface area contributed by atoms with Gasteiger partial charge in [0, 0.05) is 13.7 Å². The van der Waals surface area contributed by atoms with Gasteiger partial charge in [0.1, 0.15) is 6.79 Å². The Morgan fingerprint density at radius 2 is 2.20 bits per heavy atom. The summed E-state index contributed by atoms with van der Waals surface area (Å²) >= 11 is 0. The molecule has 0 bridgehead atoms. The summed E-state index contributed by atoms with van der Waals surface area (Å²) in [5, 5.41) is 0. The second-order valence-electron chi connectivity index (χ2n) is 3.24. The summed E-state index contributed by atoms with van der Waals surface area (Å²) in [6.07, 6.45) is 1.83. The molecule has 0 amide bonds. The molecular weight excluding hydrogens is 192 g/mol. The van der Waals surface area contributed by atoms with Crippen molar-refractivity contribution in [3.8, 4) is 0 Å². The first-order valence-electron chi connectivity index (χ1n) is 4.88. The fourth-order valence-corrected chi connectivity index (χ4v) is 1.49. The van der Waals surface area contributed by atoms with E-state index in [1.807, 2.05) is 24.5 Å². The third-order valence-corrected chi connectivity index (χ3v) is 2.21. The third-order valence-electron chi connectivity index (χ3n) is 2.21. The fraction of sp³-hybridized carbons (Fsp3) is 0.364. The van der Waals surface area contributed by atoms with Gasteiger partial charge in [-0.05, 0) is 12.1 Å². The average molecular weight is 206 g/mol. The van der Waals surface area contributed by atoms with E-state index in [1.165, 1.54) is 0 Å². The maximum atomic E-state index is 5.23. The van der Waals surface area contributed by atoms with Crippen LogP contribution in [0.1, 0.15) is 0 Å². The first kappa shape index (κ1) is 10.1. The molecule has 0 atom stereocenters. The van der Waals surface area contributed by atoms with Gasteiger partial charge in [-0.15, -0.1) is 0 Å². The van der Waals surface area contributed by atoms with Crippen molar-refractivity contribution < 1.29 is 9.47 Å². The molecule has 2 rings (SSSR count). The van der Waals surface area contributed by atoms with Crippen LogP contribution < -0.4 is 0 Å². The maximum Gasteiger partial charge on any atom is 0.146 e. The smallest absolute Gasteiger partial charge is 0.146 e. The lowest BCUT2D eigenvalue weighted by Gasteiger charge is -2.04. The van der Waals surface area contributed by atoms with Crippen molar-refractivity contribution in [2.75, 3.05) is 20.5 Å². The number of ether oxygens (including phenoxy) is 2. The van der Waals surface area contributed by atoms with Gasteiger partial charge >= 0.3 is 0 Å². The quantitative estimate of drug-likeness (QED) is 0.551. The zero-order valence-corrected chi connectivity index (χ0v) is 8.72. The molecule has 1 aromatic heterocycles. The maximum absolute atomic E-state index is 5.23. The predicted molar refractivity (Wildman–Crippen MR) is 57.6 cm³/mol. The van der Waals surface area contributed by atoms with Crippen LogP contribution in [0.25, 0.3) is 11.0 Å².